The number of fused-ring (bicyclic) bond motifs is 1. The van der Waals surface area contributed by atoms with E-state index >= 15 is 0 Å². The van der Waals surface area contributed by atoms with Crippen LogP contribution in [0.1, 0.15) is 13.8 Å². The molecule has 0 atom stereocenters. The number of aromatic nitrogens is 1. The number of para-hydroxylation sites is 1. The van der Waals surface area contributed by atoms with Gasteiger partial charge in [0.15, 0.2) is 0 Å². The van der Waals surface area contributed by atoms with E-state index in [0.717, 1.165) is 16.5 Å². The quantitative estimate of drug-likeness (QED) is 0.799. The molecule has 3 heteroatoms. The lowest BCUT2D eigenvalue weighted by Crippen LogP contribution is -2.08. The zero-order chi connectivity index (χ0) is 12.3. The molecule has 2 aromatic rings. The Balaban J connectivity index is 2.25. The highest BCUT2D eigenvalue weighted by molar-refractivity contribution is 6.00. The molecule has 0 radical (unpaired) electrons. The third kappa shape index (κ3) is 2.91. The Labute approximate surface area is 100 Å². The van der Waals surface area contributed by atoms with Gasteiger partial charge < -0.3 is 5.32 Å². The van der Waals surface area contributed by atoms with E-state index in [1.165, 1.54) is 0 Å². The van der Waals surface area contributed by atoms with Gasteiger partial charge in [0.25, 0.3) is 0 Å². The minimum absolute atomic E-state index is 0.123. The largest absolute Gasteiger partial charge is 0.321 e. The van der Waals surface area contributed by atoms with E-state index in [-0.39, 0.29) is 5.91 Å². The van der Waals surface area contributed by atoms with Crippen molar-refractivity contribution in [2.24, 2.45) is 0 Å². The zero-order valence-corrected chi connectivity index (χ0v) is 9.90. The summed E-state index contributed by atoms with van der Waals surface area (Å²) in [6, 6.07) is 9.72. The molecule has 0 saturated heterocycles. The molecule has 0 aliphatic heterocycles. The molecule has 3 nitrogen and oxygen atoms in total. The molecule has 17 heavy (non-hydrogen) atoms. The van der Waals surface area contributed by atoms with E-state index in [0.29, 0.717) is 5.69 Å². The minimum Gasteiger partial charge on any atom is -0.321 e. The second-order valence-corrected chi connectivity index (χ2v) is 4.13. The number of nitrogens with zero attached hydrogens (tertiary/aromatic N) is 1. The lowest BCUT2D eigenvalue weighted by Gasteiger charge is -2.03. The van der Waals surface area contributed by atoms with E-state index in [1.54, 1.807) is 12.3 Å². The summed E-state index contributed by atoms with van der Waals surface area (Å²) < 4.78 is 0. The topological polar surface area (TPSA) is 42.0 Å². The lowest BCUT2D eigenvalue weighted by atomic mass is 10.2. The third-order valence-electron chi connectivity index (χ3n) is 2.28. The monoisotopic (exact) mass is 226 g/mol. The predicted molar refractivity (Wildman–Crippen MR) is 69.8 cm³/mol. The summed E-state index contributed by atoms with van der Waals surface area (Å²) in [6.07, 6.45) is 3.23. The number of hydrogen-bond donors (Lipinski definition) is 1. The van der Waals surface area contributed by atoms with Gasteiger partial charge in [0, 0.05) is 11.5 Å². The normalized spacial score (nSPS) is 10.0. The molecule has 0 fully saturated rings. The number of hydrogen-bond acceptors (Lipinski definition) is 2. The number of allylic oxidation sites excluding steroid dienone is 1. The van der Waals surface area contributed by atoms with Crippen LogP contribution in [0.15, 0.2) is 48.2 Å². The van der Waals surface area contributed by atoms with Gasteiger partial charge in [-0.15, -0.1) is 0 Å². The molecule has 1 aromatic heterocycles. The highest BCUT2D eigenvalue weighted by atomic mass is 16.1. The maximum Gasteiger partial charge on any atom is 0.248 e. The van der Waals surface area contributed by atoms with Crippen LogP contribution in [-0.2, 0) is 4.79 Å². The fourth-order valence-corrected chi connectivity index (χ4v) is 1.58. The number of pyridine rings is 1. The first-order valence-electron chi connectivity index (χ1n) is 5.46. The van der Waals surface area contributed by atoms with Gasteiger partial charge in [-0.1, -0.05) is 23.8 Å². The van der Waals surface area contributed by atoms with Gasteiger partial charge in [-0.3, -0.25) is 9.78 Å². The summed E-state index contributed by atoms with van der Waals surface area (Å²) in [6.45, 7) is 3.77. The number of benzene rings is 1. The lowest BCUT2D eigenvalue weighted by molar-refractivity contribution is -0.111. The van der Waals surface area contributed by atoms with Crippen LogP contribution in [0.5, 0.6) is 0 Å². The summed E-state index contributed by atoms with van der Waals surface area (Å²) in [5, 5.41) is 3.80. The molecule has 86 valence electrons. The van der Waals surface area contributed by atoms with Crippen molar-refractivity contribution in [3.8, 4) is 0 Å². The minimum atomic E-state index is -0.123. The van der Waals surface area contributed by atoms with Crippen LogP contribution in [0.2, 0.25) is 0 Å². The summed E-state index contributed by atoms with van der Waals surface area (Å²) >= 11 is 0. The average molecular weight is 226 g/mol. The molecule has 1 amide bonds. The maximum absolute atomic E-state index is 11.5. The van der Waals surface area contributed by atoms with Crippen LogP contribution >= 0.6 is 0 Å². The molecule has 0 spiro atoms. The summed E-state index contributed by atoms with van der Waals surface area (Å²) in [5.41, 5.74) is 2.61. The third-order valence-corrected chi connectivity index (χ3v) is 2.28. The standard InChI is InChI=1S/C14H14N2O/c1-10(2)7-14(17)16-12-8-11-5-3-4-6-13(11)15-9-12/h3-9H,1-2H3,(H,16,17). The van der Waals surface area contributed by atoms with E-state index < -0.39 is 0 Å². The molecule has 1 N–H and O–H groups in total. The van der Waals surface area contributed by atoms with Crippen molar-refractivity contribution in [2.75, 3.05) is 5.32 Å². The fourth-order valence-electron chi connectivity index (χ4n) is 1.58. The maximum atomic E-state index is 11.5. The van der Waals surface area contributed by atoms with Crippen LogP contribution < -0.4 is 5.32 Å². The summed E-state index contributed by atoms with van der Waals surface area (Å²) in [7, 11) is 0. The van der Waals surface area contributed by atoms with Crippen molar-refractivity contribution in [1.82, 2.24) is 4.98 Å². The number of carbonyl (C=O) groups excluding carboxylic acids is 1. The van der Waals surface area contributed by atoms with Crippen molar-refractivity contribution in [3.63, 3.8) is 0 Å². The highest BCUT2D eigenvalue weighted by Gasteiger charge is 2.00. The molecule has 0 aliphatic carbocycles. The molecule has 0 saturated carbocycles. The molecular weight excluding hydrogens is 212 g/mol. The first kappa shape index (κ1) is 11.3. The van der Waals surface area contributed by atoms with E-state index in [2.05, 4.69) is 10.3 Å². The Morgan fingerprint density at radius 3 is 2.82 bits per heavy atom. The Hall–Kier alpha value is -2.16. The van der Waals surface area contributed by atoms with Crippen molar-refractivity contribution in [1.29, 1.82) is 0 Å². The SMILES string of the molecule is CC(C)=CC(=O)Nc1cnc2ccccc2c1. The number of rotatable bonds is 2. The number of carbonyl (C=O) groups is 1. The van der Waals surface area contributed by atoms with E-state index in [4.69, 9.17) is 0 Å². The van der Waals surface area contributed by atoms with Crippen molar-refractivity contribution in [3.05, 3.63) is 48.2 Å². The van der Waals surface area contributed by atoms with Gasteiger partial charge >= 0.3 is 0 Å². The Morgan fingerprint density at radius 2 is 2.06 bits per heavy atom. The number of anilines is 1. The molecule has 0 unspecified atom stereocenters. The molecule has 1 heterocycles. The first-order chi connectivity index (χ1) is 8.15. The van der Waals surface area contributed by atoms with Gasteiger partial charge in [-0.25, -0.2) is 0 Å². The Bertz CT molecular complexity index is 584. The summed E-state index contributed by atoms with van der Waals surface area (Å²) in [4.78, 5) is 15.8. The summed E-state index contributed by atoms with van der Waals surface area (Å²) in [5.74, 6) is -0.123. The van der Waals surface area contributed by atoms with Gasteiger partial charge in [0.1, 0.15) is 0 Å². The first-order valence-corrected chi connectivity index (χ1v) is 5.46. The molecule has 0 aliphatic rings. The van der Waals surface area contributed by atoms with Crippen LogP contribution in [0.3, 0.4) is 0 Å². The van der Waals surface area contributed by atoms with E-state index in [1.807, 2.05) is 44.2 Å². The Kier molecular flexibility index (Phi) is 3.19. The molecule has 0 bridgehead atoms. The number of amides is 1. The zero-order valence-electron chi connectivity index (χ0n) is 9.90. The smallest absolute Gasteiger partial charge is 0.248 e. The van der Waals surface area contributed by atoms with Crippen molar-refractivity contribution < 1.29 is 4.79 Å². The van der Waals surface area contributed by atoms with Crippen LogP contribution in [0.4, 0.5) is 5.69 Å². The van der Waals surface area contributed by atoms with Gasteiger partial charge in [0.2, 0.25) is 5.91 Å². The second kappa shape index (κ2) is 4.78. The average Bonchev–Trinajstić information content (AvgIpc) is 2.27. The van der Waals surface area contributed by atoms with Crippen molar-refractivity contribution in [2.45, 2.75) is 13.8 Å². The van der Waals surface area contributed by atoms with Crippen LogP contribution in [-0.4, -0.2) is 10.9 Å². The van der Waals surface area contributed by atoms with Crippen molar-refractivity contribution >= 4 is 22.5 Å². The van der Waals surface area contributed by atoms with Gasteiger partial charge in [-0.2, -0.15) is 0 Å². The molecule has 2 rings (SSSR count). The van der Waals surface area contributed by atoms with Gasteiger partial charge in [-0.05, 0) is 26.0 Å². The predicted octanol–water partition coefficient (Wildman–Crippen LogP) is 3.14. The van der Waals surface area contributed by atoms with Crippen LogP contribution in [0.25, 0.3) is 10.9 Å². The molecular formula is C14H14N2O. The fraction of sp³-hybridized carbons (Fsp3) is 0.143. The molecule has 1 aromatic carbocycles. The van der Waals surface area contributed by atoms with Crippen LogP contribution in [0, 0.1) is 0 Å². The highest BCUT2D eigenvalue weighted by Crippen LogP contribution is 2.15. The Morgan fingerprint density at radius 1 is 1.29 bits per heavy atom. The van der Waals surface area contributed by atoms with E-state index in [9.17, 15) is 4.79 Å². The van der Waals surface area contributed by atoms with Gasteiger partial charge in [0.05, 0.1) is 17.4 Å². The second-order valence-electron chi connectivity index (χ2n) is 4.13. The number of nitrogens with one attached hydrogen (secondary N) is 1.